The maximum Gasteiger partial charge on any atom is 0.326 e. The lowest BCUT2D eigenvalue weighted by molar-refractivity contribution is -0.142. The van der Waals surface area contributed by atoms with Gasteiger partial charge in [-0.05, 0) is 42.4 Å². The van der Waals surface area contributed by atoms with Gasteiger partial charge in [0.05, 0.1) is 12.4 Å². The predicted octanol–water partition coefficient (Wildman–Crippen LogP) is 0.859. The van der Waals surface area contributed by atoms with Gasteiger partial charge >= 0.3 is 5.97 Å². The molecule has 2 aromatic rings. The Bertz CT molecular complexity index is 1090. The summed E-state index contributed by atoms with van der Waals surface area (Å²) in [5, 5.41) is 27.0. The van der Waals surface area contributed by atoms with E-state index in [2.05, 4.69) is 25.9 Å². The van der Waals surface area contributed by atoms with Gasteiger partial charge in [0.25, 0.3) is 0 Å². The molecule has 214 valence electrons. The van der Waals surface area contributed by atoms with E-state index in [9.17, 15) is 29.4 Å². The van der Waals surface area contributed by atoms with Crippen LogP contribution in [0.3, 0.4) is 0 Å². The normalized spacial score (nSPS) is 15.0. The van der Waals surface area contributed by atoms with Crippen molar-refractivity contribution in [3.8, 4) is 5.75 Å². The highest BCUT2D eigenvalue weighted by atomic mass is 16.4. The number of nitrogens with two attached hydrogens (primary N) is 1. The maximum atomic E-state index is 13.3. The number of aromatic nitrogens is 2. The van der Waals surface area contributed by atoms with E-state index in [1.807, 2.05) is 20.8 Å². The van der Waals surface area contributed by atoms with Crippen LogP contribution in [0.2, 0.25) is 0 Å². The molecule has 0 fully saturated rings. The van der Waals surface area contributed by atoms with E-state index in [0.29, 0.717) is 18.5 Å². The number of hydrogen-bond acceptors (Lipinski definition) is 7. The zero-order valence-corrected chi connectivity index (χ0v) is 22.8. The second-order valence-corrected chi connectivity index (χ2v) is 10.2. The smallest absolute Gasteiger partial charge is 0.326 e. The van der Waals surface area contributed by atoms with Gasteiger partial charge in [0.15, 0.2) is 0 Å². The van der Waals surface area contributed by atoms with Crippen LogP contribution in [0.5, 0.6) is 5.75 Å². The van der Waals surface area contributed by atoms with E-state index in [1.165, 1.54) is 24.7 Å². The van der Waals surface area contributed by atoms with E-state index in [-0.39, 0.29) is 30.4 Å². The van der Waals surface area contributed by atoms with Crippen LogP contribution in [0, 0.1) is 11.8 Å². The SMILES string of the molecule is CCC(C)C(NC(=O)C(CC(C)C)NC(=O)C(N)Cc1ccc(O)cc1)C(=O)NC(Cc1cnc[nH]1)C(=O)O. The third-order valence-corrected chi connectivity index (χ3v) is 6.46. The van der Waals surface area contributed by atoms with Crippen LogP contribution >= 0.6 is 0 Å². The lowest BCUT2D eigenvalue weighted by atomic mass is 9.96. The van der Waals surface area contributed by atoms with Crippen molar-refractivity contribution in [2.75, 3.05) is 0 Å². The molecule has 0 aliphatic carbocycles. The summed E-state index contributed by atoms with van der Waals surface area (Å²) in [7, 11) is 0. The molecule has 3 amide bonds. The van der Waals surface area contributed by atoms with Gasteiger partial charge in [0.2, 0.25) is 17.7 Å². The summed E-state index contributed by atoms with van der Waals surface area (Å²) in [6.45, 7) is 7.42. The number of aromatic hydroxyl groups is 1. The lowest BCUT2D eigenvalue weighted by Crippen LogP contribution is -2.59. The zero-order valence-electron chi connectivity index (χ0n) is 22.8. The maximum absolute atomic E-state index is 13.3. The van der Waals surface area contributed by atoms with Crippen molar-refractivity contribution >= 4 is 23.7 Å². The summed E-state index contributed by atoms with van der Waals surface area (Å²) in [4.78, 5) is 57.9. The fourth-order valence-corrected chi connectivity index (χ4v) is 3.99. The topological polar surface area (TPSA) is 200 Å². The average Bonchev–Trinajstić information content (AvgIpc) is 3.39. The minimum absolute atomic E-state index is 0.00675. The number of carboxylic acid groups (broad SMARTS) is 1. The summed E-state index contributed by atoms with van der Waals surface area (Å²) in [6, 6.07) is 2.17. The number of aromatic amines is 1. The largest absolute Gasteiger partial charge is 0.508 e. The molecule has 5 atom stereocenters. The van der Waals surface area contributed by atoms with E-state index in [0.717, 1.165) is 5.56 Å². The number of hydrogen-bond donors (Lipinski definition) is 7. The van der Waals surface area contributed by atoms with Gasteiger partial charge in [0, 0.05) is 18.3 Å². The number of nitrogens with one attached hydrogen (secondary N) is 4. The van der Waals surface area contributed by atoms with Crippen molar-refractivity contribution in [1.29, 1.82) is 0 Å². The van der Waals surface area contributed by atoms with E-state index in [4.69, 9.17) is 5.73 Å². The van der Waals surface area contributed by atoms with Gasteiger partial charge in [-0.15, -0.1) is 0 Å². The molecule has 0 spiro atoms. The third-order valence-electron chi connectivity index (χ3n) is 6.46. The van der Waals surface area contributed by atoms with Gasteiger partial charge in [-0.1, -0.05) is 46.2 Å². The molecule has 5 unspecified atom stereocenters. The Hall–Kier alpha value is -3.93. The number of rotatable bonds is 15. The molecular weight excluding hydrogens is 504 g/mol. The number of phenols is 1. The van der Waals surface area contributed by atoms with Crippen LogP contribution in [0.1, 0.15) is 51.8 Å². The molecule has 12 nitrogen and oxygen atoms in total. The molecule has 0 saturated heterocycles. The fraction of sp³-hybridized carbons (Fsp3) is 0.519. The van der Waals surface area contributed by atoms with Crippen LogP contribution < -0.4 is 21.7 Å². The van der Waals surface area contributed by atoms with Gasteiger partial charge in [0.1, 0.15) is 23.9 Å². The standard InChI is InChI=1S/C27H40N6O6/c1-5-16(4)23(26(37)32-22(27(38)39)12-18-13-29-14-30-18)33-25(36)21(10-15(2)3)31-24(35)20(28)11-17-6-8-19(34)9-7-17/h6-9,13-16,20-23,34H,5,10-12,28H2,1-4H3,(H,29,30)(H,31,35)(H,32,37)(H,33,36)(H,38,39). The third kappa shape index (κ3) is 10.0. The van der Waals surface area contributed by atoms with Crippen molar-refractivity contribution in [1.82, 2.24) is 25.9 Å². The van der Waals surface area contributed by atoms with E-state index in [1.54, 1.807) is 19.1 Å². The molecule has 39 heavy (non-hydrogen) atoms. The molecule has 12 heteroatoms. The van der Waals surface area contributed by atoms with Crippen molar-refractivity contribution in [2.24, 2.45) is 17.6 Å². The van der Waals surface area contributed by atoms with Crippen LogP contribution in [-0.2, 0) is 32.0 Å². The Kier molecular flexibility index (Phi) is 11.9. The molecule has 0 aliphatic heterocycles. The number of carbonyl (C=O) groups excluding carboxylic acids is 3. The molecule has 0 bridgehead atoms. The molecule has 0 saturated carbocycles. The van der Waals surface area contributed by atoms with Crippen LogP contribution in [0.15, 0.2) is 36.8 Å². The monoisotopic (exact) mass is 544 g/mol. The zero-order chi connectivity index (χ0) is 29.1. The second kappa shape index (κ2) is 14.9. The van der Waals surface area contributed by atoms with Crippen molar-refractivity contribution in [3.63, 3.8) is 0 Å². The first-order valence-corrected chi connectivity index (χ1v) is 13.1. The number of carbonyl (C=O) groups is 4. The molecule has 8 N–H and O–H groups in total. The Morgan fingerprint density at radius 1 is 0.949 bits per heavy atom. The number of carboxylic acids is 1. The lowest BCUT2D eigenvalue weighted by Gasteiger charge is -2.28. The molecule has 1 aromatic heterocycles. The molecule has 1 aromatic carbocycles. The number of phenolic OH excluding ortho intramolecular Hbond substituents is 1. The Morgan fingerprint density at radius 3 is 2.13 bits per heavy atom. The Balaban J connectivity index is 2.12. The molecule has 1 heterocycles. The summed E-state index contributed by atoms with van der Waals surface area (Å²) >= 11 is 0. The highest BCUT2D eigenvalue weighted by Gasteiger charge is 2.33. The number of H-pyrrole nitrogens is 1. The van der Waals surface area contributed by atoms with Gasteiger partial charge in [-0.2, -0.15) is 0 Å². The first-order chi connectivity index (χ1) is 18.4. The van der Waals surface area contributed by atoms with E-state index >= 15 is 0 Å². The van der Waals surface area contributed by atoms with E-state index < -0.39 is 47.9 Å². The Labute approximate surface area is 228 Å². The first kappa shape index (κ1) is 31.3. The highest BCUT2D eigenvalue weighted by molar-refractivity contribution is 5.94. The van der Waals surface area contributed by atoms with Crippen LogP contribution in [0.4, 0.5) is 0 Å². The fourth-order valence-electron chi connectivity index (χ4n) is 3.99. The first-order valence-electron chi connectivity index (χ1n) is 13.1. The quantitative estimate of drug-likeness (QED) is 0.171. The Morgan fingerprint density at radius 2 is 1.59 bits per heavy atom. The minimum Gasteiger partial charge on any atom is -0.508 e. The molecule has 2 rings (SSSR count). The highest BCUT2D eigenvalue weighted by Crippen LogP contribution is 2.13. The number of imidazole rings is 1. The average molecular weight is 545 g/mol. The second-order valence-electron chi connectivity index (χ2n) is 10.2. The van der Waals surface area contributed by atoms with Crippen molar-refractivity contribution < 1.29 is 29.4 Å². The summed E-state index contributed by atoms with van der Waals surface area (Å²) in [6.07, 6.45) is 3.92. The van der Waals surface area contributed by atoms with Crippen molar-refractivity contribution in [2.45, 2.75) is 77.5 Å². The number of nitrogens with zero attached hydrogens (tertiary/aromatic N) is 1. The van der Waals surface area contributed by atoms with Gasteiger partial charge in [-0.25, -0.2) is 9.78 Å². The summed E-state index contributed by atoms with van der Waals surface area (Å²) in [5.74, 6) is -3.13. The van der Waals surface area contributed by atoms with Crippen LogP contribution in [0.25, 0.3) is 0 Å². The minimum atomic E-state index is -1.23. The van der Waals surface area contributed by atoms with Crippen LogP contribution in [-0.4, -0.2) is 68.0 Å². The summed E-state index contributed by atoms with van der Waals surface area (Å²) in [5.41, 5.74) is 7.38. The number of amides is 3. The molecule has 0 aliphatic rings. The number of benzene rings is 1. The summed E-state index contributed by atoms with van der Waals surface area (Å²) < 4.78 is 0. The number of aliphatic carboxylic acids is 1. The predicted molar refractivity (Wildman–Crippen MR) is 144 cm³/mol. The molecular formula is C27H40N6O6. The van der Waals surface area contributed by atoms with Gasteiger partial charge in [-0.3, -0.25) is 14.4 Å². The van der Waals surface area contributed by atoms with Crippen molar-refractivity contribution in [3.05, 3.63) is 48.0 Å². The van der Waals surface area contributed by atoms with Gasteiger partial charge < -0.3 is 36.9 Å². The molecule has 0 radical (unpaired) electrons.